The highest BCUT2D eigenvalue weighted by Crippen LogP contribution is 2.29. The van der Waals surface area contributed by atoms with Crippen molar-refractivity contribution < 1.29 is 4.79 Å². The fraction of sp³-hybridized carbons (Fsp3) is 0.429. The van der Waals surface area contributed by atoms with Crippen LogP contribution in [0.15, 0.2) is 36.5 Å². The molecule has 2 heterocycles. The van der Waals surface area contributed by atoms with E-state index in [2.05, 4.69) is 33.4 Å². The van der Waals surface area contributed by atoms with Gasteiger partial charge in [0.1, 0.15) is 5.82 Å². The molecule has 1 N–H and O–H groups in total. The smallest absolute Gasteiger partial charge is 0.227 e. The van der Waals surface area contributed by atoms with Crippen molar-refractivity contribution >= 4 is 29.0 Å². The number of anilines is 2. The molecule has 1 fully saturated rings. The molecule has 0 atom stereocenters. The fourth-order valence-electron chi connectivity index (χ4n) is 4.06. The Kier molecular flexibility index (Phi) is 5.11. The topological polar surface area (TPSA) is 45.2 Å². The summed E-state index contributed by atoms with van der Waals surface area (Å²) < 4.78 is 0. The molecule has 1 aliphatic carbocycles. The second-order valence-electron chi connectivity index (χ2n) is 7.24. The number of aryl methyl sites for hydroxylation is 1. The van der Waals surface area contributed by atoms with Crippen LogP contribution in [0.2, 0.25) is 5.02 Å². The van der Waals surface area contributed by atoms with Gasteiger partial charge in [-0.15, -0.1) is 0 Å². The van der Waals surface area contributed by atoms with Crippen molar-refractivity contribution in [3.8, 4) is 0 Å². The van der Waals surface area contributed by atoms with Crippen molar-refractivity contribution in [3.63, 3.8) is 0 Å². The van der Waals surface area contributed by atoms with Gasteiger partial charge in [0.2, 0.25) is 5.91 Å². The fourth-order valence-corrected chi connectivity index (χ4v) is 4.17. The van der Waals surface area contributed by atoms with Crippen LogP contribution in [0.3, 0.4) is 0 Å². The number of fused-ring (bicyclic) bond motifs is 1. The Bertz CT molecular complexity index is 782. The third kappa shape index (κ3) is 3.70. The lowest BCUT2D eigenvalue weighted by molar-refractivity contribution is -0.120. The highest BCUT2D eigenvalue weighted by atomic mass is 35.5. The molecule has 1 aromatic carbocycles. The molecule has 4 nitrogen and oxygen atoms in total. The molecule has 4 rings (SSSR count). The maximum Gasteiger partial charge on any atom is 0.227 e. The van der Waals surface area contributed by atoms with Crippen LogP contribution in [0.4, 0.5) is 11.5 Å². The SMILES string of the molecule is O=C(Nc1cccc2c1CCCC2)C1CCN(c2ccc(Cl)cn2)CC1. The summed E-state index contributed by atoms with van der Waals surface area (Å²) in [5, 5.41) is 3.86. The minimum Gasteiger partial charge on any atom is -0.357 e. The van der Waals surface area contributed by atoms with Gasteiger partial charge in [-0.3, -0.25) is 4.79 Å². The molecule has 0 bridgehead atoms. The summed E-state index contributed by atoms with van der Waals surface area (Å²) in [6.07, 6.45) is 8.05. The molecule has 0 spiro atoms. The summed E-state index contributed by atoms with van der Waals surface area (Å²) in [5.74, 6) is 1.16. The van der Waals surface area contributed by atoms with E-state index in [0.29, 0.717) is 5.02 Å². The number of carbonyl (C=O) groups is 1. The molecule has 5 heteroatoms. The standard InChI is InChI=1S/C21H24ClN3O/c22-17-8-9-20(23-14-17)25-12-10-16(11-13-25)21(26)24-19-7-3-5-15-4-1-2-6-18(15)19/h3,5,7-9,14,16H,1-2,4,6,10-13H2,(H,24,26). The summed E-state index contributed by atoms with van der Waals surface area (Å²) in [5.41, 5.74) is 3.77. The summed E-state index contributed by atoms with van der Waals surface area (Å²) in [6, 6.07) is 10.1. The van der Waals surface area contributed by atoms with E-state index < -0.39 is 0 Å². The molecule has 1 saturated heterocycles. The van der Waals surface area contributed by atoms with E-state index in [-0.39, 0.29) is 11.8 Å². The Morgan fingerprint density at radius 3 is 2.69 bits per heavy atom. The Hall–Kier alpha value is -2.07. The van der Waals surface area contributed by atoms with Gasteiger partial charge in [0.05, 0.1) is 5.02 Å². The van der Waals surface area contributed by atoms with Crippen LogP contribution in [0.5, 0.6) is 0 Å². The number of nitrogens with zero attached hydrogens (tertiary/aromatic N) is 2. The average Bonchev–Trinajstić information content (AvgIpc) is 2.69. The lowest BCUT2D eigenvalue weighted by Gasteiger charge is -2.32. The maximum atomic E-state index is 12.8. The molecule has 1 aromatic heterocycles. The number of amides is 1. The molecule has 2 aromatic rings. The Labute approximate surface area is 159 Å². The van der Waals surface area contributed by atoms with Gasteiger partial charge in [0, 0.05) is 30.9 Å². The van der Waals surface area contributed by atoms with Crippen LogP contribution >= 0.6 is 11.6 Å². The number of pyridine rings is 1. The molecule has 26 heavy (non-hydrogen) atoms. The molecule has 1 aliphatic heterocycles. The first-order valence-electron chi connectivity index (χ1n) is 9.49. The van der Waals surface area contributed by atoms with Crippen LogP contribution in [0, 0.1) is 5.92 Å². The maximum absolute atomic E-state index is 12.8. The predicted octanol–water partition coefficient (Wildman–Crippen LogP) is 4.47. The molecular weight excluding hydrogens is 346 g/mol. The Morgan fingerprint density at radius 1 is 1.12 bits per heavy atom. The number of carbonyl (C=O) groups excluding carboxylic acids is 1. The van der Waals surface area contributed by atoms with Crippen LogP contribution in [0.25, 0.3) is 0 Å². The van der Waals surface area contributed by atoms with E-state index in [1.54, 1.807) is 6.20 Å². The second kappa shape index (κ2) is 7.67. The van der Waals surface area contributed by atoms with Crippen molar-refractivity contribution in [3.05, 3.63) is 52.7 Å². The van der Waals surface area contributed by atoms with Gasteiger partial charge in [-0.1, -0.05) is 23.7 Å². The van der Waals surface area contributed by atoms with E-state index in [0.717, 1.165) is 50.3 Å². The summed E-state index contributed by atoms with van der Waals surface area (Å²) in [7, 11) is 0. The number of halogens is 1. The Balaban J connectivity index is 1.38. The first-order valence-corrected chi connectivity index (χ1v) is 9.86. The van der Waals surface area contributed by atoms with Crippen molar-refractivity contribution in [1.29, 1.82) is 0 Å². The van der Waals surface area contributed by atoms with E-state index in [4.69, 9.17) is 11.6 Å². The predicted molar refractivity (Wildman–Crippen MR) is 106 cm³/mol. The first kappa shape index (κ1) is 17.3. The largest absolute Gasteiger partial charge is 0.357 e. The third-order valence-corrected chi connectivity index (χ3v) is 5.78. The zero-order chi connectivity index (χ0) is 17.9. The molecule has 0 unspecified atom stereocenters. The highest BCUT2D eigenvalue weighted by molar-refractivity contribution is 6.30. The quantitative estimate of drug-likeness (QED) is 0.868. The molecule has 2 aliphatic rings. The third-order valence-electron chi connectivity index (χ3n) is 5.56. The van der Waals surface area contributed by atoms with Crippen LogP contribution in [-0.2, 0) is 17.6 Å². The van der Waals surface area contributed by atoms with E-state index >= 15 is 0 Å². The van der Waals surface area contributed by atoms with Crippen molar-refractivity contribution in [2.45, 2.75) is 38.5 Å². The monoisotopic (exact) mass is 369 g/mol. The zero-order valence-corrected chi connectivity index (χ0v) is 15.6. The lowest BCUT2D eigenvalue weighted by atomic mass is 9.90. The van der Waals surface area contributed by atoms with Crippen molar-refractivity contribution in [1.82, 2.24) is 4.98 Å². The number of piperidine rings is 1. The number of nitrogens with one attached hydrogen (secondary N) is 1. The summed E-state index contributed by atoms with van der Waals surface area (Å²) >= 11 is 5.91. The van der Waals surface area contributed by atoms with Gasteiger partial charge in [0.15, 0.2) is 0 Å². The average molecular weight is 370 g/mol. The van der Waals surface area contributed by atoms with Crippen LogP contribution in [-0.4, -0.2) is 24.0 Å². The number of benzene rings is 1. The minimum atomic E-state index is 0.0676. The normalized spacial score (nSPS) is 17.7. The molecule has 1 amide bonds. The van der Waals surface area contributed by atoms with Gasteiger partial charge in [-0.25, -0.2) is 4.98 Å². The second-order valence-corrected chi connectivity index (χ2v) is 7.67. The number of hydrogen-bond donors (Lipinski definition) is 1. The van der Waals surface area contributed by atoms with E-state index in [1.165, 1.54) is 24.0 Å². The number of hydrogen-bond acceptors (Lipinski definition) is 3. The van der Waals surface area contributed by atoms with Gasteiger partial charge in [-0.05, 0) is 67.9 Å². The van der Waals surface area contributed by atoms with Gasteiger partial charge in [-0.2, -0.15) is 0 Å². The van der Waals surface area contributed by atoms with Gasteiger partial charge < -0.3 is 10.2 Å². The molecule has 136 valence electrons. The van der Waals surface area contributed by atoms with E-state index in [9.17, 15) is 4.79 Å². The van der Waals surface area contributed by atoms with E-state index in [1.807, 2.05) is 12.1 Å². The minimum absolute atomic E-state index is 0.0676. The first-order chi connectivity index (χ1) is 12.7. The van der Waals surface area contributed by atoms with Gasteiger partial charge >= 0.3 is 0 Å². The van der Waals surface area contributed by atoms with Crippen LogP contribution in [0.1, 0.15) is 36.8 Å². The lowest BCUT2D eigenvalue weighted by Crippen LogP contribution is -2.38. The summed E-state index contributed by atoms with van der Waals surface area (Å²) in [4.78, 5) is 19.4. The van der Waals surface area contributed by atoms with Crippen molar-refractivity contribution in [2.75, 3.05) is 23.3 Å². The van der Waals surface area contributed by atoms with Gasteiger partial charge in [0.25, 0.3) is 0 Å². The molecule has 0 radical (unpaired) electrons. The highest BCUT2D eigenvalue weighted by Gasteiger charge is 2.26. The molecular formula is C21H24ClN3O. The zero-order valence-electron chi connectivity index (χ0n) is 14.9. The van der Waals surface area contributed by atoms with Crippen molar-refractivity contribution in [2.24, 2.45) is 5.92 Å². The van der Waals surface area contributed by atoms with Crippen LogP contribution < -0.4 is 10.2 Å². The summed E-state index contributed by atoms with van der Waals surface area (Å²) in [6.45, 7) is 1.69. The molecule has 0 saturated carbocycles. The number of rotatable bonds is 3. The number of aromatic nitrogens is 1. The Morgan fingerprint density at radius 2 is 1.92 bits per heavy atom.